The maximum atomic E-state index is 13.6. The Morgan fingerprint density at radius 1 is 1.00 bits per heavy atom. The second-order valence-electron chi connectivity index (χ2n) is 7.88. The van der Waals surface area contributed by atoms with Crippen molar-refractivity contribution in [1.82, 2.24) is 19.9 Å². The van der Waals surface area contributed by atoms with Gasteiger partial charge in [-0.1, -0.05) is 53.7 Å². The molecule has 0 bridgehead atoms. The van der Waals surface area contributed by atoms with Gasteiger partial charge in [-0.2, -0.15) is 0 Å². The first-order chi connectivity index (χ1) is 15.6. The van der Waals surface area contributed by atoms with Gasteiger partial charge < -0.3 is 10.2 Å². The Morgan fingerprint density at radius 2 is 1.88 bits per heavy atom. The molecule has 160 valence electrons. The van der Waals surface area contributed by atoms with E-state index in [-0.39, 0.29) is 11.8 Å². The minimum atomic E-state index is -0.279. The molecular formula is C25H22FN5O. The second kappa shape index (κ2) is 8.63. The van der Waals surface area contributed by atoms with Gasteiger partial charge >= 0.3 is 6.03 Å². The first-order valence-electron chi connectivity index (χ1n) is 10.5. The van der Waals surface area contributed by atoms with Gasteiger partial charge in [0, 0.05) is 24.3 Å². The molecule has 1 aromatic heterocycles. The molecule has 0 saturated carbocycles. The number of anilines is 1. The molecule has 1 aliphatic heterocycles. The van der Waals surface area contributed by atoms with Crippen molar-refractivity contribution in [3.05, 3.63) is 102 Å². The summed E-state index contributed by atoms with van der Waals surface area (Å²) in [5.41, 5.74) is 5.38. The number of urea groups is 1. The summed E-state index contributed by atoms with van der Waals surface area (Å²) in [6, 6.07) is 22.2. The minimum absolute atomic E-state index is 0.204. The van der Waals surface area contributed by atoms with Gasteiger partial charge in [-0.25, -0.2) is 13.9 Å². The van der Waals surface area contributed by atoms with Crippen molar-refractivity contribution in [1.29, 1.82) is 0 Å². The molecule has 6 nitrogen and oxygen atoms in total. The summed E-state index contributed by atoms with van der Waals surface area (Å²) in [4.78, 5) is 14.5. The van der Waals surface area contributed by atoms with Crippen LogP contribution in [-0.4, -0.2) is 32.5 Å². The predicted octanol–water partition coefficient (Wildman–Crippen LogP) is 4.72. The fourth-order valence-corrected chi connectivity index (χ4v) is 3.94. The van der Waals surface area contributed by atoms with Crippen molar-refractivity contribution in [3.63, 3.8) is 0 Å². The van der Waals surface area contributed by atoms with Crippen molar-refractivity contribution >= 4 is 11.7 Å². The van der Waals surface area contributed by atoms with E-state index in [9.17, 15) is 9.18 Å². The number of halogens is 1. The number of nitrogens with one attached hydrogen (secondary N) is 1. The van der Waals surface area contributed by atoms with Crippen LogP contribution in [0.5, 0.6) is 0 Å². The summed E-state index contributed by atoms with van der Waals surface area (Å²) < 4.78 is 15.4. The highest BCUT2D eigenvalue weighted by Gasteiger charge is 2.21. The lowest BCUT2D eigenvalue weighted by molar-refractivity contribution is 0.206. The van der Waals surface area contributed by atoms with Gasteiger partial charge in [-0.3, -0.25) is 0 Å². The van der Waals surface area contributed by atoms with E-state index in [1.807, 2.05) is 60.8 Å². The number of rotatable bonds is 4. The Balaban J connectivity index is 1.27. The molecule has 0 atom stereocenters. The zero-order valence-corrected chi connectivity index (χ0v) is 17.4. The van der Waals surface area contributed by atoms with Crippen molar-refractivity contribution in [3.8, 4) is 11.3 Å². The lowest BCUT2D eigenvalue weighted by Gasteiger charge is -2.29. The monoisotopic (exact) mass is 427 g/mol. The molecule has 4 aromatic rings. The van der Waals surface area contributed by atoms with E-state index in [1.165, 1.54) is 12.1 Å². The molecular weight excluding hydrogens is 405 g/mol. The molecule has 0 radical (unpaired) electrons. The van der Waals surface area contributed by atoms with Crippen LogP contribution in [0, 0.1) is 5.82 Å². The highest BCUT2D eigenvalue weighted by atomic mass is 19.1. The van der Waals surface area contributed by atoms with Gasteiger partial charge in [0.2, 0.25) is 0 Å². The van der Waals surface area contributed by atoms with Gasteiger partial charge in [-0.15, -0.1) is 5.10 Å². The van der Waals surface area contributed by atoms with Crippen LogP contribution in [0.25, 0.3) is 11.3 Å². The maximum Gasteiger partial charge on any atom is 0.322 e. The van der Waals surface area contributed by atoms with E-state index in [0.717, 1.165) is 27.9 Å². The van der Waals surface area contributed by atoms with E-state index in [0.29, 0.717) is 31.7 Å². The normalized spacial score (nSPS) is 13.0. The highest BCUT2D eigenvalue weighted by molar-refractivity contribution is 5.90. The Kier molecular flexibility index (Phi) is 5.37. The van der Waals surface area contributed by atoms with Gasteiger partial charge in [-0.05, 0) is 47.4 Å². The first-order valence-corrected chi connectivity index (χ1v) is 10.5. The van der Waals surface area contributed by atoms with Gasteiger partial charge in [0.25, 0.3) is 0 Å². The van der Waals surface area contributed by atoms with Crippen molar-refractivity contribution in [2.75, 3.05) is 11.9 Å². The Bertz CT molecular complexity index is 1250. The first kappa shape index (κ1) is 19.9. The number of carbonyl (C=O) groups excluding carboxylic acids is 1. The summed E-state index contributed by atoms with van der Waals surface area (Å²) in [6.07, 6.45) is 2.61. The molecule has 2 amide bonds. The Labute approximate surface area is 185 Å². The summed E-state index contributed by atoms with van der Waals surface area (Å²) in [6.45, 7) is 1.63. The molecule has 0 saturated heterocycles. The fourth-order valence-electron chi connectivity index (χ4n) is 3.94. The van der Waals surface area contributed by atoms with Gasteiger partial charge in [0.1, 0.15) is 11.5 Å². The summed E-state index contributed by atoms with van der Waals surface area (Å²) >= 11 is 0. The average molecular weight is 427 g/mol. The number of carbonyl (C=O) groups is 1. The molecule has 0 aliphatic carbocycles. The smallest absolute Gasteiger partial charge is 0.320 e. The second-order valence-corrected chi connectivity index (χ2v) is 7.88. The highest BCUT2D eigenvalue weighted by Crippen LogP contribution is 2.23. The third kappa shape index (κ3) is 4.37. The molecule has 3 aromatic carbocycles. The predicted molar refractivity (Wildman–Crippen MR) is 121 cm³/mol. The van der Waals surface area contributed by atoms with Crippen molar-refractivity contribution in [2.45, 2.75) is 19.5 Å². The van der Waals surface area contributed by atoms with Crippen LogP contribution in [0.15, 0.2) is 79.0 Å². The molecule has 0 spiro atoms. The molecule has 1 N–H and O–H groups in total. The number of hydrogen-bond donors (Lipinski definition) is 1. The molecule has 5 rings (SSSR count). The lowest BCUT2D eigenvalue weighted by Crippen LogP contribution is -2.38. The maximum absolute atomic E-state index is 13.6. The fraction of sp³-hybridized carbons (Fsp3) is 0.160. The third-order valence-electron chi connectivity index (χ3n) is 5.60. The molecule has 32 heavy (non-hydrogen) atoms. The van der Waals surface area contributed by atoms with Gasteiger partial charge in [0.15, 0.2) is 0 Å². The number of nitrogens with zero attached hydrogens (tertiary/aromatic N) is 4. The quantitative estimate of drug-likeness (QED) is 0.513. The lowest BCUT2D eigenvalue weighted by atomic mass is 10.00. The number of aromatic nitrogens is 3. The third-order valence-corrected chi connectivity index (χ3v) is 5.60. The summed E-state index contributed by atoms with van der Waals surface area (Å²) in [5.74, 6) is -0.279. The zero-order chi connectivity index (χ0) is 21.9. The molecule has 2 heterocycles. The van der Waals surface area contributed by atoms with Crippen LogP contribution in [0.2, 0.25) is 0 Å². The summed E-state index contributed by atoms with van der Waals surface area (Å²) in [7, 11) is 0. The zero-order valence-electron chi connectivity index (χ0n) is 17.4. The standard InChI is InChI=1S/C25H22FN5O/c26-22-10-9-19-11-12-30(16-21(19)13-22)25(32)27-23-8-4-7-20(14-23)24-17-31(29-28-24)15-18-5-2-1-3-6-18/h1-10,13-14,17H,11-12,15-16H2,(H,27,32). The molecule has 0 unspecified atom stereocenters. The van der Waals surface area contributed by atoms with Gasteiger partial charge in [0.05, 0.1) is 12.7 Å². The van der Waals surface area contributed by atoms with Crippen LogP contribution in [-0.2, 0) is 19.5 Å². The van der Waals surface area contributed by atoms with Crippen molar-refractivity contribution < 1.29 is 9.18 Å². The van der Waals surface area contributed by atoms with Crippen LogP contribution in [0.1, 0.15) is 16.7 Å². The molecule has 0 fully saturated rings. The van der Waals surface area contributed by atoms with E-state index in [4.69, 9.17) is 0 Å². The SMILES string of the molecule is O=C(Nc1cccc(-c2cn(Cc3ccccc3)nn2)c1)N1CCc2ccc(F)cc2C1. The minimum Gasteiger partial charge on any atom is -0.320 e. The van der Waals surface area contributed by atoms with Crippen LogP contribution < -0.4 is 5.32 Å². The van der Waals surface area contributed by atoms with E-state index in [1.54, 1.807) is 15.6 Å². The van der Waals surface area contributed by atoms with Crippen LogP contribution in [0.3, 0.4) is 0 Å². The molecule has 1 aliphatic rings. The van der Waals surface area contributed by atoms with E-state index in [2.05, 4.69) is 15.6 Å². The van der Waals surface area contributed by atoms with E-state index >= 15 is 0 Å². The Hall–Kier alpha value is -4.00. The number of amides is 2. The summed E-state index contributed by atoms with van der Waals surface area (Å²) in [5, 5.41) is 11.5. The van der Waals surface area contributed by atoms with Crippen LogP contribution in [0.4, 0.5) is 14.9 Å². The number of hydrogen-bond acceptors (Lipinski definition) is 3. The number of benzene rings is 3. The number of fused-ring (bicyclic) bond motifs is 1. The Morgan fingerprint density at radius 3 is 2.75 bits per heavy atom. The average Bonchev–Trinajstić information content (AvgIpc) is 3.28. The largest absolute Gasteiger partial charge is 0.322 e. The van der Waals surface area contributed by atoms with Crippen molar-refractivity contribution in [2.24, 2.45) is 0 Å². The van der Waals surface area contributed by atoms with E-state index < -0.39 is 0 Å². The van der Waals surface area contributed by atoms with Crippen LogP contribution >= 0.6 is 0 Å². The topological polar surface area (TPSA) is 63.1 Å². The molecule has 7 heteroatoms.